The van der Waals surface area contributed by atoms with Gasteiger partial charge in [-0.3, -0.25) is 9.69 Å². The molecule has 0 atom stereocenters. The Bertz CT molecular complexity index is 722. The van der Waals surface area contributed by atoms with Crippen molar-refractivity contribution in [2.75, 3.05) is 13.1 Å². The third-order valence-corrected chi connectivity index (χ3v) is 5.94. The fraction of sp³-hybridized carbons (Fsp3) is 0.632. The Morgan fingerprint density at radius 1 is 1.20 bits per heavy atom. The van der Waals surface area contributed by atoms with Gasteiger partial charge in [0.1, 0.15) is 0 Å². The first-order chi connectivity index (χ1) is 11.7. The molecule has 1 saturated heterocycles. The molecule has 2 fully saturated rings. The van der Waals surface area contributed by atoms with Crippen LogP contribution in [0.25, 0.3) is 0 Å². The van der Waals surface area contributed by atoms with Crippen LogP contribution in [0.3, 0.4) is 0 Å². The van der Waals surface area contributed by atoms with Gasteiger partial charge in [-0.25, -0.2) is 0 Å². The van der Waals surface area contributed by atoms with E-state index in [9.17, 15) is 18.0 Å². The van der Waals surface area contributed by atoms with Crippen molar-refractivity contribution in [2.45, 2.75) is 58.4 Å². The summed E-state index contributed by atoms with van der Waals surface area (Å²) in [6.07, 6.45) is -0.813. The molecule has 1 aromatic carbocycles. The molecule has 3 nitrogen and oxygen atoms in total. The lowest BCUT2D eigenvalue weighted by atomic mass is 9.98. The van der Waals surface area contributed by atoms with E-state index in [-0.39, 0.29) is 29.6 Å². The molecular weight excluding hydrogens is 329 g/mol. The van der Waals surface area contributed by atoms with E-state index in [4.69, 9.17) is 0 Å². The second kappa shape index (κ2) is 5.47. The summed E-state index contributed by atoms with van der Waals surface area (Å²) in [5.41, 5.74) is 0.766. The first-order valence-corrected chi connectivity index (χ1v) is 8.95. The molecule has 1 aliphatic carbocycles. The van der Waals surface area contributed by atoms with Crippen molar-refractivity contribution in [3.05, 3.63) is 34.4 Å². The van der Waals surface area contributed by atoms with Crippen molar-refractivity contribution >= 4 is 5.91 Å². The zero-order chi connectivity index (χ0) is 18.0. The second-order valence-electron chi connectivity index (χ2n) is 8.15. The average Bonchev–Trinajstić information content (AvgIpc) is 3.03. The van der Waals surface area contributed by atoms with Gasteiger partial charge in [0.25, 0.3) is 5.91 Å². The van der Waals surface area contributed by atoms with Gasteiger partial charge < -0.3 is 4.90 Å². The Labute approximate surface area is 145 Å². The van der Waals surface area contributed by atoms with Gasteiger partial charge >= 0.3 is 6.18 Å². The van der Waals surface area contributed by atoms with Crippen LogP contribution < -0.4 is 0 Å². The second-order valence-corrected chi connectivity index (χ2v) is 8.15. The molecule has 4 rings (SSSR count). The van der Waals surface area contributed by atoms with Crippen LogP contribution in [0, 0.1) is 5.41 Å². The summed E-state index contributed by atoms with van der Waals surface area (Å²) < 4.78 is 40.7. The van der Waals surface area contributed by atoms with Gasteiger partial charge in [0.15, 0.2) is 0 Å². The van der Waals surface area contributed by atoms with Gasteiger partial charge in [-0.05, 0) is 68.3 Å². The van der Waals surface area contributed by atoms with Crippen molar-refractivity contribution in [3.8, 4) is 0 Å². The number of fused-ring (bicyclic) bond motifs is 1. The molecule has 0 aromatic heterocycles. The Morgan fingerprint density at radius 2 is 1.92 bits per heavy atom. The normalized spacial score (nSPS) is 22.3. The van der Waals surface area contributed by atoms with E-state index in [1.165, 1.54) is 23.8 Å². The van der Waals surface area contributed by atoms with Crippen LogP contribution in [-0.2, 0) is 19.3 Å². The van der Waals surface area contributed by atoms with E-state index in [0.29, 0.717) is 17.5 Å². The number of benzene rings is 1. The van der Waals surface area contributed by atoms with Gasteiger partial charge in [-0.2, -0.15) is 13.2 Å². The molecule has 25 heavy (non-hydrogen) atoms. The zero-order valence-corrected chi connectivity index (χ0v) is 14.6. The van der Waals surface area contributed by atoms with Crippen molar-refractivity contribution < 1.29 is 18.0 Å². The lowest BCUT2D eigenvalue weighted by Crippen LogP contribution is -2.30. The molecule has 2 aliphatic heterocycles. The zero-order valence-electron chi connectivity index (χ0n) is 14.6. The molecule has 1 saturated carbocycles. The molecule has 136 valence electrons. The first-order valence-electron chi connectivity index (χ1n) is 8.95. The van der Waals surface area contributed by atoms with Crippen LogP contribution in [0.5, 0.6) is 0 Å². The average molecular weight is 352 g/mol. The third-order valence-electron chi connectivity index (χ3n) is 5.94. The fourth-order valence-electron chi connectivity index (χ4n) is 4.26. The predicted molar refractivity (Wildman–Crippen MR) is 88.0 cm³/mol. The van der Waals surface area contributed by atoms with Crippen molar-refractivity contribution in [1.82, 2.24) is 9.80 Å². The van der Waals surface area contributed by atoms with Crippen LogP contribution in [0.4, 0.5) is 13.2 Å². The number of alkyl halides is 3. The Kier molecular flexibility index (Phi) is 3.69. The topological polar surface area (TPSA) is 23.6 Å². The van der Waals surface area contributed by atoms with Crippen LogP contribution in [-0.4, -0.2) is 34.8 Å². The lowest BCUT2D eigenvalue weighted by molar-refractivity contribution is -0.138. The van der Waals surface area contributed by atoms with E-state index >= 15 is 0 Å². The number of hydrogen-bond acceptors (Lipinski definition) is 2. The molecule has 0 radical (unpaired) electrons. The Balaban J connectivity index is 1.67. The van der Waals surface area contributed by atoms with Gasteiger partial charge in [0.2, 0.25) is 0 Å². The lowest BCUT2D eigenvalue weighted by Gasteiger charge is -2.20. The largest absolute Gasteiger partial charge is 0.416 e. The quantitative estimate of drug-likeness (QED) is 0.819. The van der Waals surface area contributed by atoms with Gasteiger partial charge in [0, 0.05) is 31.2 Å². The third kappa shape index (κ3) is 2.94. The minimum Gasteiger partial charge on any atom is -0.332 e. The summed E-state index contributed by atoms with van der Waals surface area (Å²) in [4.78, 5) is 16.3. The summed E-state index contributed by atoms with van der Waals surface area (Å²) in [5, 5.41) is 0. The van der Waals surface area contributed by atoms with Crippen LogP contribution in [0.1, 0.15) is 60.2 Å². The fourth-order valence-corrected chi connectivity index (χ4v) is 4.26. The van der Waals surface area contributed by atoms with E-state index in [1.807, 2.05) is 13.8 Å². The maximum atomic E-state index is 13.6. The molecule has 0 N–H and O–H groups in total. The summed E-state index contributed by atoms with van der Waals surface area (Å²) >= 11 is 0. The van der Waals surface area contributed by atoms with Crippen molar-refractivity contribution in [1.29, 1.82) is 0 Å². The van der Waals surface area contributed by atoms with Gasteiger partial charge in [-0.1, -0.05) is 0 Å². The highest BCUT2D eigenvalue weighted by atomic mass is 19.4. The smallest absolute Gasteiger partial charge is 0.332 e. The maximum absolute atomic E-state index is 13.6. The number of amides is 1. The summed E-state index contributed by atoms with van der Waals surface area (Å²) in [7, 11) is 0. The number of rotatable bonds is 3. The standard InChI is InChI=1S/C19H23F3N2O/c1-12(2)24-10-15-14(17(24)25)7-13(8-16(15)19(20,21)22)9-23-6-5-18(11-23)3-4-18/h7-8,12H,3-6,9-11H2,1-2H3. The van der Waals surface area contributed by atoms with Crippen molar-refractivity contribution in [2.24, 2.45) is 5.41 Å². The van der Waals surface area contributed by atoms with E-state index in [1.54, 1.807) is 6.07 Å². The van der Waals surface area contributed by atoms with E-state index in [0.717, 1.165) is 19.5 Å². The Morgan fingerprint density at radius 3 is 2.48 bits per heavy atom. The highest BCUT2D eigenvalue weighted by Gasteiger charge is 2.47. The van der Waals surface area contributed by atoms with E-state index < -0.39 is 11.7 Å². The molecule has 1 amide bonds. The summed E-state index contributed by atoms with van der Waals surface area (Å²) in [6, 6.07) is 2.83. The molecule has 6 heteroatoms. The number of nitrogens with zero attached hydrogens (tertiary/aromatic N) is 2. The van der Waals surface area contributed by atoms with Gasteiger partial charge in [0.05, 0.1) is 5.56 Å². The van der Waals surface area contributed by atoms with Crippen LogP contribution in [0.15, 0.2) is 12.1 Å². The highest BCUT2D eigenvalue weighted by Crippen LogP contribution is 2.53. The summed E-state index contributed by atoms with van der Waals surface area (Å²) in [5.74, 6) is -0.280. The highest BCUT2D eigenvalue weighted by molar-refractivity contribution is 5.99. The first kappa shape index (κ1) is 16.9. The minimum absolute atomic E-state index is 0.0494. The van der Waals surface area contributed by atoms with Crippen LogP contribution in [0.2, 0.25) is 0 Å². The molecule has 3 aliphatic rings. The molecule has 2 heterocycles. The Hall–Kier alpha value is -1.56. The number of likely N-dealkylation sites (tertiary alicyclic amines) is 1. The number of carbonyl (C=O) groups excluding carboxylic acids is 1. The monoisotopic (exact) mass is 352 g/mol. The SMILES string of the molecule is CC(C)N1Cc2c(cc(CN3CCC4(CC4)C3)cc2C(F)(F)F)C1=O. The van der Waals surface area contributed by atoms with Crippen LogP contribution >= 0.6 is 0 Å². The molecule has 0 bridgehead atoms. The maximum Gasteiger partial charge on any atom is 0.416 e. The number of hydrogen-bond donors (Lipinski definition) is 0. The minimum atomic E-state index is -4.43. The van der Waals surface area contributed by atoms with Gasteiger partial charge in [-0.15, -0.1) is 0 Å². The predicted octanol–water partition coefficient (Wildman–Crippen LogP) is 4.06. The molecule has 0 unspecified atom stereocenters. The molecule has 1 spiro atoms. The molecular formula is C19H23F3N2O. The summed E-state index contributed by atoms with van der Waals surface area (Å²) in [6.45, 7) is 6.11. The van der Waals surface area contributed by atoms with Crippen molar-refractivity contribution in [3.63, 3.8) is 0 Å². The molecule has 1 aromatic rings. The number of carbonyl (C=O) groups is 1. The van der Waals surface area contributed by atoms with E-state index in [2.05, 4.69) is 4.90 Å². The number of halogens is 3.